The van der Waals surface area contributed by atoms with Gasteiger partial charge in [-0.15, -0.1) is 0 Å². The highest BCUT2D eigenvalue weighted by Gasteiger charge is 2.65. The lowest BCUT2D eigenvalue weighted by atomic mass is 10.3. The molecule has 0 heterocycles. The van der Waals surface area contributed by atoms with Crippen LogP contribution in [0.1, 0.15) is 12.8 Å². The van der Waals surface area contributed by atoms with E-state index in [1.54, 1.807) is 0 Å². The van der Waals surface area contributed by atoms with Gasteiger partial charge in [0.25, 0.3) is 0 Å². The maximum Gasteiger partial charge on any atom is 0.407 e. The summed E-state index contributed by atoms with van der Waals surface area (Å²) in [6, 6.07) is 1.68. The van der Waals surface area contributed by atoms with Gasteiger partial charge in [0.1, 0.15) is 10.4 Å². The second-order valence-electron chi connectivity index (χ2n) is 4.49. The van der Waals surface area contributed by atoms with Gasteiger partial charge in [-0.25, -0.2) is 12.8 Å². The van der Waals surface area contributed by atoms with Crippen molar-refractivity contribution >= 4 is 27.3 Å². The molecular formula is C10H9ClF4N2O2S. The highest BCUT2D eigenvalue weighted by molar-refractivity contribution is 7.89. The Morgan fingerprint density at radius 1 is 1.30 bits per heavy atom. The van der Waals surface area contributed by atoms with E-state index in [-0.39, 0.29) is 5.02 Å². The van der Waals surface area contributed by atoms with Crippen LogP contribution in [0, 0.1) is 5.82 Å². The number of halogens is 5. The van der Waals surface area contributed by atoms with Crippen molar-refractivity contribution in [1.82, 2.24) is 4.72 Å². The Labute approximate surface area is 117 Å². The van der Waals surface area contributed by atoms with Gasteiger partial charge in [-0.2, -0.15) is 17.9 Å². The van der Waals surface area contributed by atoms with Crippen molar-refractivity contribution in [2.45, 2.75) is 29.5 Å². The molecule has 1 aromatic rings. The topological polar surface area (TPSA) is 72.2 Å². The normalized spacial score (nSPS) is 18.1. The molecule has 1 fully saturated rings. The van der Waals surface area contributed by atoms with E-state index in [4.69, 9.17) is 17.3 Å². The van der Waals surface area contributed by atoms with Crippen LogP contribution in [0.25, 0.3) is 0 Å². The summed E-state index contributed by atoms with van der Waals surface area (Å²) in [5, 5.41) is -0.193. The van der Waals surface area contributed by atoms with Crippen molar-refractivity contribution in [2.24, 2.45) is 0 Å². The van der Waals surface area contributed by atoms with Crippen molar-refractivity contribution in [1.29, 1.82) is 0 Å². The molecule has 1 saturated carbocycles. The van der Waals surface area contributed by atoms with Gasteiger partial charge < -0.3 is 5.73 Å². The summed E-state index contributed by atoms with van der Waals surface area (Å²) in [4.78, 5) is -1.00. The Balaban J connectivity index is 2.43. The van der Waals surface area contributed by atoms with Crippen LogP contribution in [0.15, 0.2) is 17.0 Å². The average molecular weight is 333 g/mol. The van der Waals surface area contributed by atoms with E-state index in [0.717, 1.165) is 6.07 Å². The van der Waals surface area contributed by atoms with Gasteiger partial charge in [-0.05, 0) is 25.0 Å². The molecule has 0 amide bonds. The Morgan fingerprint density at radius 3 is 2.30 bits per heavy atom. The number of hydrogen-bond acceptors (Lipinski definition) is 3. The minimum atomic E-state index is -4.75. The van der Waals surface area contributed by atoms with Gasteiger partial charge in [0.2, 0.25) is 10.0 Å². The summed E-state index contributed by atoms with van der Waals surface area (Å²) < 4.78 is 77.2. The minimum absolute atomic E-state index is 0.193. The predicted octanol–water partition coefficient (Wildman–Crippen LogP) is 2.43. The third kappa shape index (κ3) is 2.57. The van der Waals surface area contributed by atoms with Gasteiger partial charge in [-0.3, -0.25) is 0 Å². The number of hydrogen-bond donors (Lipinski definition) is 2. The molecule has 0 saturated heterocycles. The SMILES string of the molecule is Nc1cc(Cl)cc(S(=O)(=O)NC2(C(F)(F)F)CC2)c1F. The number of anilines is 1. The summed E-state index contributed by atoms with van der Waals surface area (Å²) in [5.74, 6) is -1.33. The largest absolute Gasteiger partial charge is 0.407 e. The monoisotopic (exact) mass is 332 g/mol. The van der Waals surface area contributed by atoms with E-state index in [9.17, 15) is 26.0 Å². The lowest BCUT2D eigenvalue weighted by Gasteiger charge is -2.21. The molecule has 0 unspecified atom stereocenters. The van der Waals surface area contributed by atoms with Crippen molar-refractivity contribution in [3.8, 4) is 0 Å². The molecule has 1 aliphatic rings. The van der Waals surface area contributed by atoms with Gasteiger partial charge in [0.05, 0.1) is 5.69 Å². The third-order valence-corrected chi connectivity index (χ3v) is 4.70. The Hall–Kier alpha value is -1.06. The Morgan fingerprint density at radius 2 is 1.85 bits per heavy atom. The zero-order chi connectivity index (χ0) is 15.3. The number of nitrogen functional groups attached to an aromatic ring is 1. The first-order chi connectivity index (χ1) is 8.98. The van der Waals surface area contributed by atoms with E-state index < -0.39 is 51.0 Å². The first-order valence-corrected chi connectivity index (χ1v) is 7.20. The zero-order valence-electron chi connectivity index (χ0n) is 9.76. The second-order valence-corrected chi connectivity index (χ2v) is 6.58. The lowest BCUT2D eigenvalue weighted by Crippen LogP contribution is -2.47. The molecule has 0 radical (unpaired) electrons. The number of rotatable bonds is 3. The summed E-state index contributed by atoms with van der Waals surface area (Å²) in [6.45, 7) is 0. The summed E-state index contributed by atoms with van der Waals surface area (Å²) in [6.07, 6.45) is -5.54. The molecule has 0 aromatic heterocycles. The van der Waals surface area contributed by atoms with Gasteiger partial charge in [0, 0.05) is 5.02 Å². The first kappa shape index (κ1) is 15.3. The van der Waals surface area contributed by atoms with Gasteiger partial charge in [-0.1, -0.05) is 11.6 Å². The average Bonchev–Trinajstić information content (AvgIpc) is 3.02. The summed E-state index contributed by atoms with van der Waals surface area (Å²) in [7, 11) is -4.72. The van der Waals surface area contributed by atoms with Crippen LogP contribution in [0.4, 0.5) is 23.2 Å². The van der Waals surface area contributed by atoms with E-state index in [1.165, 1.54) is 4.72 Å². The van der Waals surface area contributed by atoms with Crippen LogP contribution < -0.4 is 10.5 Å². The van der Waals surface area contributed by atoms with Crippen molar-refractivity contribution in [3.63, 3.8) is 0 Å². The van der Waals surface area contributed by atoms with E-state index in [1.807, 2.05) is 0 Å². The van der Waals surface area contributed by atoms with Crippen LogP contribution in [0.5, 0.6) is 0 Å². The molecule has 112 valence electrons. The lowest BCUT2D eigenvalue weighted by molar-refractivity contribution is -0.160. The molecule has 4 nitrogen and oxygen atoms in total. The van der Waals surface area contributed by atoms with Crippen LogP contribution in [0.3, 0.4) is 0 Å². The predicted molar refractivity (Wildman–Crippen MR) is 64.2 cm³/mol. The molecule has 0 atom stereocenters. The van der Waals surface area contributed by atoms with Gasteiger partial charge >= 0.3 is 6.18 Å². The quantitative estimate of drug-likeness (QED) is 0.659. The van der Waals surface area contributed by atoms with E-state index in [2.05, 4.69) is 0 Å². The third-order valence-electron chi connectivity index (χ3n) is 2.94. The maximum absolute atomic E-state index is 13.7. The number of benzene rings is 1. The Kier molecular flexibility index (Phi) is 3.43. The molecule has 2 rings (SSSR count). The van der Waals surface area contributed by atoms with Crippen LogP contribution in [-0.4, -0.2) is 20.1 Å². The standard InChI is InChI=1S/C10H9ClF4N2O2S/c11-5-3-6(16)8(12)7(4-5)20(18,19)17-9(1-2-9)10(13,14)15/h3-4,17H,1-2,16H2. The molecular weight excluding hydrogens is 324 g/mol. The highest BCUT2D eigenvalue weighted by atomic mass is 35.5. The number of sulfonamides is 1. The zero-order valence-corrected chi connectivity index (χ0v) is 11.3. The fraction of sp³-hybridized carbons (Fsp3) is 0.400. The van der Waals surface area contributed by atoms with Crippen LogP contribution >= 0.6 is 11.6 Å². The number of nitrogens with one attached hydrogen (secondary N) is 1. The Bertz CT molecular complexity index is 656. The number of nitrogens with two attached hydrogens (primary N) is 1. The molecule has 0 bridgehead atoms. The van der Waals surface area contributed by atoms with E-state index in [0.29, 0.717) is 6.07 Å². The van der Waals surface area contributed by atoms with Crippen molar-refractivity contribution < 1.29 is 26.0 Å². The molecule has 0 aliphatic heterocycles. The molecule has 1 aliphatic carbocycles. The minimum Gasteiger partial charge on any atom is -0.396 e. The molecule has 0 spiro atoms. The molecule has 10 heteroatoms. The molecule has 3 N–H and O–H groups in total. The van der Waals surface area contributed by atoms with Crippen molar-refractivity contribution in [3.05, 3.63) is 23.0 Å². The van der Waals surface area contributed by atoms with Crippen LogP contribution in [0.2, 0.25) is 5.02 Å². The highest BCUT2D eigenvalue weighted by Crippen LogP contribution is 2.49. The van der Waals surface area contributed by atoms with Crippen LogP contribution in [-0.2, 0) is 10.0 Å². The molecule has 1 aromatic carbocycles. The second kappa shape index (κ2) is 4.47. The fourth-order valence-electron chi connectivity index (χ4n) is 1.66. The first-order valence-electron chi connectivity index (χ1n) is 5.34. The maximum atomic E-state index is 13.7. The number of alkyl halides is 3. The van der Waals surface area contributed by atoms with Crippen molar-refractivity contribution in [2.75, 3.05) is 5.73 Å². The fourth-order valence-corrected chi connectivity index (χ4v) is 3.53. The summed E-state index contributed by atoms with van der Waals surface area (Å²) >= 11 is 5.54. The molecule has 20 heavy (non-hydrogen) atoms. The van der Waals surface area contributed by atoms with E-state index >= 15 is 0 Å². The smallest absolute Gasteiger partial charge is 0.396 e. The summed E-state index contributed by atoms with van der Waals surface area (Å²) in [5.41, 5.74) is 2.12. The van der Waals surface area contributed by atoms with Gasteiger partial charge in [0.15, 0.2) is 5.82 Å².